The Morgan fingerprint density at radius 1 is 1.07 bits per heavy atom. The minimum atomic E-state index is -0.369. The summed E-state index contributed by atoms with van der Waals surface area (Å²) in [7, 11) is 0. The molecule has 4 rings (SSSR count). The third-order valence-corrected chi connectivity index (χ3v) is 4.97. The van der Waals surface area contributed by atoms with Crippen LogP contribution in [-0.2, 0) is 0 Å². The first kappa shape index (κ1) is 20.1. The number of nitrogens with zero attached hydrogens (tertiary/aromatic N) is 4. The van der Waals surface area contributed by atoms with Gasteiger partial charge < -0.3 is 15.6 Å². The van der Waals surface area contributed by atoms with Crippen molar-refractivity contribution in [3.8, 4) is 0 Å². The van der Waals surface area contributed by atoms with Gasteiger partial charge in [0.25, 0.3) is 5.91 Å². The Hall–Kier alpha value is -3.23. The Labute approximate surface area is 182 Å². The average Bonchev–Trinajstić information content (AvgIpc) is 3.13. The molecule has 0 atom stereocenters. The van der Waals surface area contributed by atoms with Crippen LogP contribution in [0.15, 0.2) is 43.0 Å². The number of pyridine rings is 3. The van der Waals surface area contributed by atoms with E-state index in [1.807, 2.05) is 6.07 Å². The van der Waals surface area contributed by atoms with E-state index in [1.165, 1.54) is 18.6 Å². The number of fused-ring (bicyclic) bond motifs is 1. The number of imidazole rings is 1. The second kappa shape index (κ2) is 8.25. The Morgan fingerprint density at radius 3 is 2.50 bits per heavy atom. The number of rotatable bonds is 5. The molecule has 4 heterocycles. The van der Waals surface area contributed by atoms with Gasteiger partial charge in [-0.1, -0.05) is 43.1 Å². The Balaban J connectivity index is 1.54. The summed E-state index contributed by atoms with van der Waals surface area (Å²) in [5.41, 5.74) is 3.01. The normalized spacial score (nSPS) is 11.1. The molecule has 4 aromatic heterocycles. The van der Waals surface area contributed by atoms with Crippen molar-refractivity contribution in [2.24, 2.45) is 0 Å². The highest BCUT2D eigenvalue weighted by atomic mass is 35.5. The third kappa shape index (κ3) is 4.19. The van der Waals surface area contributed by atoms with E-state index in [-0.39, 0.29) is 11.6 Å². The average molecular weight is 442 g/mol. The number of H-pyrrole nitrogens is 1. The van der Waals surface area contributed by atoms with E-state index in [0.29, 0.717) is 44.5 Å². The van der Waals surface area contributed by atoms with Crippen LogP contribution in [0.1, 0.15) is 35.8 Å². The first-order valence-electron chi connectivity index (χ1n) is 9.10. The van der Waals surface area contributed by atoms with Crippen molar-refractivity contribution < 1.29 is 4.79 Å². The van der Waals surface area contributed by atoms with Gasteiger partial charge in [0.05, 0.1) is 27.4 Å². The van der Waals surface area contributed by atoms with Crippen molar-refractivity contribution >= 4 is 57.6 Å². The van der Waals surface area contributed by atoms with Crippen molar-refractivity contribution in [3.63, 3.8) is 0 Å². The number of aromatic amines is 1. The summed E-state index contributed by atoms with van der Waals surface area (Å²) in [6.45, 7) is 4.16. The third-order valence-electron chi connectivity index (χ3n) is 4.39. The first-order valence-corrected chi connectivity index (χ1v) is 9.85. The quantitative estimate of drug-likeness (QED) is 0.393. The summed E-state index contributed by atoms with van der Waals surface area (Å²) in [6, 6.07) is 5.32. The Kier molecular flexibility index (Phi) is 5.52. The summed E-state index contributed by atoms with van der Waals surface area (Å²) in [6.07, 6.45) is 6.21. The van der Waals surface area contributed by atoms with Crippen LogP contribution in [0.3, 0.4) is 0 Å². The lowest BCUT2D eigenvalue weighted by atomic mass is 10.1. The van der Waals surface area contributed by atoms with Crippen molar-refractivity contribution in [1.29, 1.82) is 0 Å². The molecule has 0 spiro atoms. The molecular weight excluding hydrogens is 425 g/mol. The van der Waals surface area contributed by atoms with E-state index in [9.17, 15) is 4.79 Å². The molecule has 0 saturated carbocycles. The monoisotopic (exact) mass is 441 g/mol. The molecule has 0 fully saturated rings. The SMILES string of the molecule is CC(C)c1ccc(NC(=O)c2cc3[nH]c(Nc4c(Cl)cncc4Cl)nc3cn2)nc1. The molecule has 0 radical (unpaired) electrons. The minimum absolute atomic E-state index is 0.229. The van der Waals surface area contributed by atoms with Crippen molar-refractivity contribution in [3.05, 3.63) is 64.3 Å². The Morgan fingerprint density at radius 2 is 1.83 bits per heavy atom. The zero-order valence-corrected chi connectivity index (χ0v) is 17.6. The molecule has 152 valence electrons. The van der Waals surface area contributed by atoms with Gasteiger partial charge in [0, 0.05) is 18.6 Å². The predicted octanol–water partition coefficient (Wildman–Crippen LogP) is 5.17. The fourth-order valence-corrected chi connectivity index (χ4v) is 3.21. The van der Waals surface area contributed by atoms with Crippen molar-refractivity contribution in [2.75, 3.05) is 10.6 Å². The second-order valence-electron chi connectivity index (χ2n) is 6.86. The van der Waals surface area contributed by atoms with Crippen LogP contribution in [0.4, 0.5) is 17.5 Å². The van der Waals surface area contributed by atoms with Crippen LogP contribution in [0.5, 0.6) is 0 Å². The largest absolute Gasteiger partial charge is 0.324 e. The van der Waals surface area contributed by atoms with Crippen LogP contribution >= 0.6 is 23.2 Å². The molecule has 0 aliphatic carbocycles. The molecule has 1 amide bonds. The zero-order valence-electron chi connectivity index (χ0n) is 16.1. The fourth-order valence-electron chi connectivity index (χ4n) is 2.75. The van der Waals surface area contributed by atoms with Crippen LogP contribution in [0.25, 0.3) is 11.0 Å². The highest BCUT2D eigenvalue weighted by molar-refractivity contribution is 6.39. The molecule has 0 bridgehead atoms. The van der Waals surface area contributed by atoms with E-state index in [1.54, 1.807) is 18.3 Å². The van der Waals surface area contributed by atoms with Gasteiger partial charge in [0.15, 0.2) is 0 Å². The maximum atomic E-state index is 12.6. The number of hydrogen-bond donors (Lipinski definition) is 3. The maximum Gasteiger partial charge on any atom is 0.275 e. The van der Waals surface area contributed by atoms with Crippen LogP contribution in [0, 0.1) is 0 Å². The van der Waals surface area contributed by atoms with Gasteiger partial charge in [-0.25, -0.2) is 15.0 Å². The molecule has 30 heavy (non-hydrogen) atoms. The van der Waals surface area contributed by atoms with E-state index in [4.69, 9.17) is 23.2 Å². The number of carbonyl (C=O) groups excluding carboxylic acids is 1. The lowest BCUT2D eigenvalue weighted by Crippen LogP contribution is -2.14. The molecular formula is C20H17Cl2N7O. The number of anilines is 3. The standard InChI is InChI=1S/C20H17Cl2N7O/c1-10(2)11-3-4-17(25-6-11)28-19(30)15-5-14-16(9-24-15)27-20(26-14)29-18-12(21)7-23-8-13(18)22/h3-10H,1-2H3,(H,25,28,30)(H2,23,26,27,29). The van der Waals surface area contributed by atoms with Crippen molar-refractivity contribution in [2.45, 2.75) is 19.8 Å². The highest BCUT2D eigenvalue weighted by Crippen LogP contribution is 2.31. The van der Waals surface area contributed by atoms with Gasteiger partial charge in [-0.15, -0.1) is 0 Å². The maximum absolute atomic E-state index is 12.6. The van der Waals surface area contributed by atoms with Crippen LogP contribution in [0.2, 0.25) is 10.0 Å². The van der Waals surface area contributed by atoms with Crippen LogP contribution < -0.4 is 10.6 Å². The molecule has 8 nitrogen and oxygen atoms in total. The second-order valence-corrected chi connectivity index (χ2v) is 7.68. The topological polar surface area (TPSA) is 108 Å². The summed E-state index contributed by atoms with van der Waals surface area (Å²) >= 11 is 12.3. The summed E-state index contributed by atoms with van der Waals surface area (Å²) in [5.74, 6) is 0.864. The van der Waals surface area contributed by atoms with Crippen LogP contribution in [-0.4, -0.2) is 30.8 Å². The molecule has 0 aliphatic rings. The summed E-state index contributed by atoms with van der Waals surface area (Å²) < 4.78 is 0. The highest BCUT2D eigenvalue weighted by Gasteiger charge is 2.13. The Bertz CT molecular complexity index is 1200. The van der Waals surface area contributed by atoms with Gasteiger partial charge in [0.1, 0.15) is 17.0 Å². The zero-order chi connectivity index (χ0) is 21.3. The number of carbonyl (C=O) groups is 1. The fraction of sp³-hybridized carbons (Fsp3) is 0.150. The van der Waals surface area contributed by atoms with E-state index in [0.717, 1.165) is 5.56 Å². The molecule has 0 aromatic carbocycles. The lowest BCUT2D eigenvalue weighted by molar-refractivity contribution is 0.102. The predicted molar refractivity (Wildman–Crippen MR) is 118 cm³/mol. The van der Waals surface area contributed by atoms with Gasteiger partial charge in [0.2, 0.25) is 5.95 Å². The number of aromatic nitrogens is 5. The van der Waals surface area contributed by atoms with Crippen molar-refractivity contribution in [1.82, 2.24) is 24.9 Å². The van der Waals surface area contributed by atoms with Gasteiger partial charge in [-0.3, -0.25) is 9.78 Å². The number of hydrogen-bond acceptors (Lipinski definition) is 6. The number of halogens is 2. The van der Waals surface area contributed by atoms with Gasteiger partial charge in [-0.05, 0) is 23.6 Å². The van der Waals surface area contributed by atoms with E-state index < -0.39 is 0 Å². The number of nitrogens with one attached hydrogen (secondary N) is 3. The minimum Gasteiger partial charge on any atom is -0.324 e. The van der Waals surface area contributed by atoms with Gasteiger partial charge in [-0.2, -0.15) is 0 Å². The summed E-state index contributed by atoms with van der Waals surface area (Å²) in [5, 5.41) is 6.49. The smallest absolute Gasteiger partial charge is 0.275 e. The molecule has 4 aromatic rings. The number of amides is 1. The molecule has 0 unspecified atom stereocenters. The van der Waals surface area contributed by atoms with E-state index >= 15 is 0 Å². The van der Waals surface area contributed by atoms with Gasteiger partial charge >= 0.3 is 0 Å². The van der Waals surface area contributed by atoms with E-state index in [2.05, 4.69) is 49.4 Å². The lowest BCUT2D eigenvalue weighted by Gasteiger charge is -2.07. The molecule has 0 aliphatic heterocycles. The molecule has 10 heteroatoms. The molecule has 3 N–H and O–H groups in total. The summed E-state index contributed by atoms with van der Waals surface area (Å²) in [4.78, 5) is 32.4. The molecule has 0 saturated heterocycles. The first-order chi connectivity index (χ1) is 14.4.